The lowest BCUT2D eigenvalue weighted by Gasteiger charge is -2.06. The first-order valence-corrected chi connectivity index (χ1v) is 5.71. The van der Waals surface area contributed by atoms with Crippen molar-refractivity contribution < 1.29 is 4.39 Å². The van der Waals surface area contributed by atoms with Crippen LogP contribution in [0.15, 0.2) is 30.5 Å². The van der Waals surface area contributed by atoms with Gasteiger partial charge in [0.15, 0.2) is 0 Å². The molecule has 1 aromatic carbocycles. The van der Waals surface area contributed by atoms with Crippen LogP contribution in [0.4, 0.5) is 4.39 Å². The summed E-state index contributed by atoms with van der Waals surface area (Å²) >= 11 is 0. The minimum absolute atomic E-state index is 0.235. The first-order chi connectivity index (χ1) is 8.33. The maximum absolute atomic E-state index is 12.8. The van der Waals surface area contributed by atoms with Gasteiger partial charge in [0.05, 0.1) is 12.2 Å². The van der Waals surface area contributed by atoms with E-state index in [2.05, 4.69) is 15.6 Å². The Morgan fingerprint density at radius 3 is 2.82 bits per heavy atom. The Kier molecular flexibility index (Phi) is 2.60. The number of benzene rings is 1. The molecule has 0 bridgehead atoms. The highest BCUT2D eigenvalue weighted by Crippen LogP contribution is 2.20. The Balaban J connectivity index is 1.86. The largest absolute Gasteiger partial charge is 0.315 e. The fraction of sp³-hybridized carbons (Fsp3) is 0.333. The predicted molar refractivity (Wildman–Crippen MR) is 61.9 cm³/mol. The molecule has 0 saturated carbocycles. The molecule has 4 nitrogen and oxygen atoms in total. The average Bonchev–Trinajstić information content (AvgIpc) is 3.00. The summed E-state index contributed by atoms with van der Waals surface area (Å²) in [6.07, 6.45) is 3.00. The van der Waals surface area contributed by atoms with Gasteiger partial charge in [-0.2, -0.15) is 0 Å². The van der Waals surface area contributed by atoms with Crippen molar-refractivity contribution in [2.75, 3.05) is 13.1 Å². The van der Waals surface area contributed by atoms with E-state index in [1.54, 1.807) is 12.1 Å². The predicted octanol–water partition coefficient (Wildman–Crippen LogP) is 1.62. The van der Waals surface area contributed by atoms with Gasteiger partial charge in [-0.1, -0.05) is 5.21 Å². The van der Waals surface area contributed by atoms with E-state index < -0.39 is 0 Å². The second-order valence-corrected chi connectivity index (χ2v) is 4.24. The van der Waals surface area contributed by atoms with Crippen LogP contribution in [0.3, 0.4) is 0 Å². The highest BCUT2D eigenvalue weighted by molar-refractivity contribution is 5.57. The van der Waals surface area contributed by atoms with Crippen LogP contribution < -0.4 is 5.32 Å². The number of hydrogen-bond acceptors (Lipinski definition) is 3. The molecule has 1 fully saturated rings. The number of rotatable bonds is 2. The molecule has 1 aliphatic heterocycles. The van der Waals surface area contributed by atoms with E-state index in [0.29, 0.717) is 6.04 Å². The zero-order valence-corrected chi connectivity index (χ0v) is 9.31. The summed E-state index contributed by atoms with van der Waals surface area (Å²) in [5, 5.41) is 11.5. The van der Waals surface area contributed by atoms with Crippen LogP contribution in [0, 0.1) is 5.82 Å². The van der Waals surface area contributed by atoms with E-state index in [4.69, 9.17) is 0 Å². The molecule has 1 saturated heterocycles. The van der Waals surface area contributed by atoms with Gasteiger partial charge in [-0.15, -0.1) is 5.10 Å². The molecule has 5 heteroatoms. The van der Waals surface area contributed by atoms with Gasteiger partial charge in [0.25, 0.3) is 0 Å². The summed E-state index contributed by atoms with van der Waals surface area (Å²) < 4.78 is 14.7. The lowest BCUT2D eigenvalue weighted by atomic mass is 10.2. The minimum atomic E-state index is -0.235. The standard InChI is InChI=1S/C12H13FN4/c13-10-3-1-9(2-4-10)12-8-17(16-15-12)11-5-6-14-7-11/h1-4,8,11,14H,5-7H2. The van der Waals surface area contributed by atoms with Gasteiger partial charge in [0.1, 0.15) is 11.5 Å². The molecular formula is C12H13FN4. The molecule has 1 unspecified atom stereocenters. The van der Waals surface area contributed by atoms with E-state index in [-0.39, 0.29) is 5.82 Å². The van der Waals surface area contributed by atoms with E-state index in [0.717, 1.165) is 30.8 Å². The number of hydrogen-bond donors (Lipinski definition) is 1. The molecule has 1 aliphatic rings. The number of aromatic nitrogens is 3. The normalized spacial score (nSPS) is 19.7. The first kappa shape index (κ1) is 10.4. The number of nitrogens with zero attached hydrogens (tertiary/aromatic N) is 3. The molecule has 3 rings (SSSR count). The topological polar surface area (TPSA) is 42.7 Å². The molecule has 0 amide bonds. The molecule has 1 atom stereocenters. The molecule has 0 spiro atoms. The quantitative estimate of drug-likeness (QED) is 0.855. The van der Waals surface area contributed by atoms with Crippen molar-refractivity contribution in [3.05, 3.63) is 36.3 Å². The third kappa shape index (κ3) is 2.06. The molecule has 1 aromatic heterocycles. The molecule has 17 heavy (non-hydrogen) atoms. The monoisotopic (exact) mass is 232 g/mol. The third-order valence-electron chi connectivity index (χ3n) is 3.06. The van der Waals surface area contributed by atoms with Crippen LogP contribution >= 0.6 is 0 Å². The van der Waals surface area contributed by atoms with Gasteiger partial charge in [0.2, 0.25) is 0 Å². The second kappa shape index (κ2) is 4.25. The first-order valence-electron chi connectivity index (χ1n) is 5.71. The molecule has 0 aliphatic carbocycles. The molecule has 2 aromatic rings. The summed E-state index contributed by atoms with van der Waals surface area (Å²) in [5.41, 5.74) is 1.68. The van der Waals surface area contributed by atoms with Crippen molar-refractivity contribution in [1.29, 1.82) is 0 Å². The average molecular weight is 232 g/mol. The minimum Gasteiger partial charge on any atom is -0.315 e. The summed E-state index contributed by atoms with van der Waals surface area (Å²) in [6.45, 7) is 1.96. The summed E-state index contributed by atoms with van der Waals surface area (Å²) in [5.74, 6) is -0.235. The van der Waals surface area contributed by atoms with Crippen molar-refractivity contribution in [3.8, 4) is 11.3 Å². The fourth-order valence-corrected chi connectivity index (χ4v) is 2.07. The second-order valence-electron chi connectivity index (χ2n) is 4.24. The van der Waals surface area contributed by atoms with Gasteiger partial charge < -0.3 is 5.32 Å². The van der Waals surface area contributed by atoms with E-state index in [9.17, 15) is 4.39 Å². The highest BCUT2D eigenvalue weighted by atomic mass is 19.1. The lowest BCUT2D eigenvalue weighted by molar-refractivity contribution is 0.476. The van der Waals surface area contributed by atoms with Crippen molar-refractivity contribution in [2.45, 2.75) is 12.5 Å². The zero-order chi connectivity index (χ0) is 11.7. The van der Waals surface area contributed by atoms with Gasteiger partial charge in [-0.3, -0.25) is 0 Å². The van der Waals surface area contributed by atoms with Crippen molar-refractivity contribution in [3.63, 3.8) is 0 Å². The van der Waals surface area contributed by atoms with Crippen molar-refractivity contribution in [1.82, 2.24) is 20.3 Å². The van der Waals surface area contributed by atoms with Gasteiger partial charge in [0, 0.05) is 12.1 Å². The maximum atomic E-state index is 12.8. The molecule has 1 N–H and O–H groups in total. The van der Waals surface area contributed by atoms with E-state index in [1.807, 2.05) is 10.9 Å². The Morgan fingerprint density at radius 1 is 1.29 bits per heavy atom. The number of halogens is 1. The fourth-order valence-electron chi connectivity index (χ4n) is 2.07. The summed E-state index contributed by atoms with van der Waals surface area (Å²) in [4.78, 5) is 0. The summed E-state index contributed by atoms with van der Waals surface area (Å²) in [7, 11) is 0. The van der Waals surface area contributed by atoms with E-state index >= 15 is 0 Å². The SMILES string of the molecule is Fc1ccc(-c2cn(C3CCNC3)nn2)cc1. The Morgan fingerprint density at radius 2 is 2.12 bits per heavy atom. The molecule has 88 valence electrons. The highest BCUT2D eigenvalue weighted by Gasteiger charge is 2.17. The smallest absolute Gasteiger partial charge is 0.123 e. The zero-order valence-electron chi connectivity index (χ0n) is 9.31. The molecule has 0 radical (unpaired) electrons. The lowest BCUT2D eigenvalue weighted by Crippen LogP contribution is -2.13. The summed E-state index contributed by atoms with van der Waals surface area (Å²) in [6, 6.07) is 6.70. The van der Waals surface area contributed by atoms with Crippen LogP contribution in [0.2, 0.25) is 0 Å². The third-order valence-corrected chi connectivity index (χ3v) is 3.06. The van der Waals surface area contributed by atoms with Crippen LogP contribution in [0.25, 0.3) is 11.3 Å². The van der Waals surface area contributed by atoms with Crippen LogP contribution in [0.1, 0.15) is 12.5 Å². The van der Waals surface area contributed by atoms with Gasteiger partial charge in [-0.25, -0.2) is 9.07 Å². The van der Waals surface area contributed by atoms with Gasteiger partial charge in [-0.05, 0) is 37.2 Å². The number of nitrogens with one attached hydrogen (secondary N) is 1. The van der Waals surface area contributed by atoms with E-state index in [1.165, 1.54) is 12.1 Å². The van der Waals surface area contributed by atoms with Crippen LogP contribution in [-0.4, -0.2) is 28.1 Å². The Labute approximate surface area is 98.5 Å². The maximum Gasteiger partial charge on any atom is 0.123 e. The Bertz CT molecular complexity index is 499. The molecule has 2 heterocycles. The Hall–Kier alpha value is -1.75. The van der Waals surface area contributed by atoms with Gasteiger partial charge >= 0.3 is 0 Å². The van der Waals surface area contributed by atoms with Crippen molar-refractivity contribution in [2.24, 2.45) is 0 Å². The van der Waals surface area contributed by atoms with Crippen LogP contribution in [0.5, 0.6) is 0 Å². The van der Waals surface area contributed by atoms with Crippen LogP contribution in [-0.2, 0) is 0 Å². The van der Waals surface area contributed by atoms with Crippen molar-refractivity contribution >= 4 is 0 Å². The molecular weight excluding hydrogens is 219 g/mol.